The average Bonchev–Trinajstić information content (AvgIpc) is 3.84. The Labute approximate surface area is 328 Å². The number of nitrogens with zero attached hydrogens (tertiary/aromatic N) is 5. The predicted octanol–water partition coefficient (Wildman–Crippen LogP) is 13.3. The monoisotopic (exact) mass is 731 g/mol. The van der Waals surface area contributed by atoms with Gasteiger partial charge in [-0.05, 0) is 60.2 Å². The van der Waals surface area contributed by atoms with E-state index in [0.717, 1.165) is 83.1 Å². The van der Waals surface area contributed by atoms with E-state index in [2.05, 4.69) is 137 Å². The first-order chi connectivity index (χ1) is 28.3. The Morgan fingerprint density at radius 1 is 0.386 bits per heavy atom. The van der Waals surface area contributed by atoms with Gasteiger partial charge in [0, 0.05) is 49.7 Å². The number of aromatic nitrogens is 4. The summed E-state index contributed by atoms with van der Waals surface area (Å²) in [6.45, 7) is 0. The molecule has 0 aliphatic rings. The number of para-hydroxylation sites is 6. The van der Waals surface area contributed by atoms with Gasteiger partial charge in [0.05, 0.1) is 16.6 Å². The van der Waals surface area contributed by atoms with E-state index in [1.54, 1.807) is 0 Å². The quantitative estimate of drug-likeness (QED) is 0.163. The lowest BCUT2D eigenvalue weighted by atomic mass is 10.0. The Kier molecular flexibility index (Phi) is 7.71. The Balaban J connectivity index is 1.13. The molecule has 3 heterocycles. The van der Waals surface area contributed by atoms with Crippen molar-refractivity contribution < 1.29 is 4.42 Å². The average molecular weight is 732 g/mol. The van der Waals surface area contributed by atoms with Crippen molar-refractivity contribution in [2.75, 3.05) is 4.90 Å². The zero-order valence-corrected chi connectivity index (χ0v) is 30.7. The Hall–Kier alpha value is -7.83. The molecule has 268 valence electrons. The molecule has 11 aromatic rings. The van der Waals surface area contributed by atoms with Gasteiger partial charge < -0.3 is 9.32 Å². The van der Waals surface area contributed by atoms with Crippen LogP contribution in [-0.4, -0.2) is 19.5 Å². The molecule has 0 aliphatic heterocycles. The first-order valence-electron chi connectivity index (χ1n) is 19.0. The van der Waals surface area contributed by atoms with E-state index in [9.17, 15) is 0 Å². The van der Waals surface area contributed by atoms with Crippen LogP contribution in [0.5, 0.6) is 0 Å². The van der Waals surface area contributed by atoms with E-state index < -0.39 is 0 Å². The zero-order chi connectivity index (χ0) is 37.7. The molecule has 57 heavy (non-hydrogen) atoms. The van der Waals surface area contributed by atoms with Crippen LogP contribution >= 0.6 is 0 Å². The summed E-state index contributed by atoms with van der Waals surface area (Å²) < 4.78 is 8.70. The highest BCUT2D eigenvalue weighted by atomic mass is 16.3. The molecular formula is C51H33N5O. The molecule has 0 spiro atoms. The fourth-order valence-corrected chi connectivity index (χ4v) is 8.08. The van der Waals surface area contributed by atoms with Crippen molar-refractivity contribution in [1.29, 1.82) is 0 Å². The van der Waals surface area contributed by atoms with Gasteiger partial charge in [0.15, 0.2) is 11.6 Å². The van der Waals surface area contributed by atoms with Gasteiger partial charge in [0.1, 0.15) is 11.2 Å². The number of benzene rings is 8. The molecule has 0 aliphatic carbocycles. The molecule has 0 saturated carbocycles. The summed E-state index contributed by atoms with van der Waals surface area (Å²) in [5.74, 6) is 1.65. The summed E-state index contributed by atoms with van der Waals surface area (Å²) >= 11 is 0. The second-order valence-electron chi connectivity index (χ2n) is 14.0. The van der Waals surface area contributed by atoms with Gasteiger partial charge in [-0.1, -0.05) is 146 Å². The molecule has 0 unspecified atom stereocenters. The molecular weight excluding hydrogens is 699 g/mol. The number of hydrogen-bond donors (Lipinski definition) is 0. The van der Waals surface area contributed by atoms with E-state index in [-0.39, 0.29) is 0 Å². The number of anilines is 3. The Bertz CT molecular complexity index is 3190. The Morgan fingerprint density at radius 3 is 1.68 bits per heavy atom. The largest absolute Gasteiger partial charge is 0.455 e. The summed E-state index contributed by atoms with van der Waals surface area (Å²) in [6, 6.07) is 69.2. The minimum absolute atomic E-state index is 0.529. The molecule has 0 N–H and O–H groups in total. The molecule has 0 fully saturated rings. The van der Waals surface area contributed by atoms with Gasteiger partial charge in [0.25, 0.3) is 0 Å². The van der Waals surface area contributed by atoms with Gasteiger partial charge in [-0.15, -0.1) is 0 Å². The molecule has 6 heteroatoms. The third kappa shape index (κ3) is 5.54. The first-order valence-corrected chi connectivity index (χ1v) is 19.0. The summed E-state index contributed by atoms with van der Waals surface area (Å²) in [5.41, 5.74) is 10.7. The highest BCUT2D eigenvalue weighted by molar-refractivity contribution is 6.14. The van der Waals surface area contributed by atoms with Crippen molar-refractivity contribution in [3.05, 3.63) is 200 Å². The van der Waals surface area contributed by atoms with Gasteiger partial charge in [-0.3, -0.25) is 4.57 Å². The van der Waals surface area contributed by atoms with E-state index >= 15 is 0 Å². The molecule has 8 aromatic carbocycles. The lowest BCUT2D eigenvalue weighted by Crippen LogP contribution is -2.09. The molecule has 0 amide bonds. The van der Waals surface area contributed by atoms with Gasteiger partial charge in [-0.2, -0.15) is 9.97 Å². The van der Waals surface area contributed by atoms with Gasteiger partial charge in [0.2, 0.25) is 5.95 Å². The van der Waals surface area contributed by atoms with Crippen LogP contribution in [0.2, 0.25) is 0 Å². The lowest BCUT2D eigenvalue weighted by Gasteiger charge is -2.25. The lowest BCUT2D eigenvalue weighted by molar-refractivity contribution is 0.669. The number of rotatable bonds is 7. The van der Waals surface area contributed by atoms with Crippen LogP contribution < -0.4 is 4.90 Å². The van der Waals surface area contributed by atoms with E-state index in [4.69, 9.17) is 19.4 Å². The molecule has 11 rings (SSSR count). The normalized spacial score (nSPS) is 11.5. The minimum Gasteiger partial charge on any atom is -0.455 e. The van der Waals surface area contributed by atoms with Crippen molar-refractivity contribution in [2.45, 2.75) is 0 Å². The van der Waals surface area contributed by atoms with Crippen LogP contribution in [0.4, 0.5) is 17.1 Å². The number of furan rings is 1. The van der Waals surface area contributed by atoms with Crippen molar-refractivity contribution in [3.8, 4) is 39.9 Å². The van der Waals surface area contributed by atoms with E-state index in [1.807, 2.05) is 72.8 Å². The molecule has 6 nitrogen and oxygen atoms in total. The molecule has 3 aromatic heterocycles. The second kappa shape index (κ2) is 13.5. The fourth-order valence-electron chi connectivity index (χ4n) is 8.08. The smallest absolute Gasteiger partial charge is 0.238 e. The standard InChI is InChI=1S/C51H33N5O/c1-4-16-35(17-5-1)49-52-50(44-27-15-26-43-41-23-11-13-29-46(41)57-48(43)44)54-51(53-49)56-45-28-12-10-22-40(45)42-25-14-24-39(47(42)56)34-30-32-38(33-31-34)55(36-18-6-2-7-19-36)37-20-8-3-9-21-37/h1-33H. The number of hydrogen-bond acceptors (Lipinski definition) is 5. The molecule has 0 atom stereocenters. The number of fused-ring (bicyclic) bond motifs is 6. The van der Waals surface area contributed by atoms with Crippen LogP contribution in [0.25, 0.3) is 83.6 Å². The van der Waals surface area contributed by atoms with E-state index in [0.29, 0.717) is 17.6 Å². The summed E-state index contributed by atoms with van der Waals surface area (Å²) in [7, 11) is 0. The zero-order valence-electron chi connectivity index (χ0n) is 30.7. The van der Waals surface area contributed by atoms with Crippen LogP contribution in [0.3, 0.4) is 0 Å². The Morgan fingerprint density at radius 2 is 0.947 bits per heavy atom. The van der Waals surface area contributed by atoms with Crippen molar-refractivity contribution in [1.82, 2.24) is 19.5 Å². The maximum Gasteiger partial charge on any atom is 0.238 e. The maximum absolute atomic E-state index is 6.50. The summed E-state index contributed by atoms with van der Waals surface area (Å²) in [5, 5.41) is 4.31. The summed E-state index contributed by atoms with van der Waals surface area (Å²) in [4.78, 5) is 17.9. The van der Waals surface area contributed by atoms with Crippen LogP contribution in [0.15, 0.2) is 205 Å². The molecule has 0 saturated heterocycles. The highest BCUT2D eigenvalue weighted by Crippen LogP contribution is 2.41. The van der Waals surface area contributed by atoms with Crippen LogP contribution in [0, 0.1) is 0 Å². The summed E-state index contributed by atoms with van der Waals surface area (Å²) in [6.07, 6.45) is 0. The maximum atomic E-state index is 6.50. The van der Waals surface area contributed by atoms with Crippen LogP contribution in [-0.2, 0) is 0 Å². The highest BCUT2D eigenvalue weighted by Gasteiger charge is 2.22. The van der Waals surface area contributed by atoms with Crippen molar-refractivity contribution >= 4 is 60.8 Å². The SMILES string of the molecule is c1ccc(-c2nc(-c3cccc4c3oc3ccccc34)nc(-n3c4ccccc4c4cccc(-c5ccc(N(c6ccccc6)c6ccccc6)cc5)c43)n2)cc1. The third-order valence-corrected chi connectivity index (χ3v) is 10.7. The van der Waals surface area contributed by atoms with Gasteiger partial charge >= 0.3 is 0 Å². The predicted molar refractivity (Wildman–Crippen MR) is 232 cm³/mol. The molecule has 0 bridgehead atoms. The first kappa shape index (κ1) is 32.6. The van der Waals surface area contributed by atoms with Gasteiger partial charge in [-0.25, -0.2) is 4.98 Å². The topological polar surface area (TPSA) is 60.0 Å². The molecule has 0 radical (unpaired) electrons. The van der Waals surface area contributed by atoms with E-state index in [1.165, 1.54) is 0 Å². The fraction of sp³-hybridized carbons (Fsp3) is 0. The van der Waals surface area contributed by atoms with Crippen molar-refractivity contribution in [3.63, 3.8) is 0 Å². The third-order valence-electron chi connectivity index (χ3n) is 10.7. The second-order valence-corrected chi connectivity index (χ2v) is 14.0. The van der Waals surface area contributed by atoms with Crippen molar-refractivity contribution in [2.24, 2.45) is 0 Å². The van der Waals surface area contributed by atoms with Crippen LogP contribution in [0.1, 0.15) is 0 Å². The minimum atomic E-state index is 0.529.